The van der Waals surface area contributed by atoms with Gasteiger partial charge in [-0.1, -0.05) is 49.2 Å². The van der Waals surface area contributed by atoms with Crippen LogP contribution in [-0.4, -0.2) is 30.2 Å². The summed E-state index contributed by atoms with van der Waals surface area (Å²) in [7, 11) is 1.67. The predicted molar refractivity (Wildman–Crippen MR) is 114 cm³/mol. The number of hydrogen-bond acceptors (Lipinski definition) is 5. The third-order valence-electron chi connectivity index (χ3n) is 5.04. The molecule has 28 heavy (non-hydrogen) atoms. The van der Waals surface area contributed by atoms with Crippen molar-refractivity contribution in [3.05, 3.63) is 60.7 Å². The molecule has 0 radical (unpaired) electrons. The quantitative estimate of drug-likeness (QED) is 0.659. The lowest BCUT2D eigenvalue weighted by Crippen LogP contribution is -2.25. The van der Waals surface area contributed by atoms with Crippen molar-refractivity contribution in [2.75, 3.05) is 30.4 Å². The van der Waals surface area contributed by atoms with Crippen molar-refractivity contribution in [1.29, 1.82) is 0 Å². The van der Waals surface area contributed by atoms with Crippen molar-refractivity contribution in [2.45, 2.75) is 25.7 Å². The molecule has 3 aromatic rings. The average Bonchev–Trinajstić information content (AvgIpc) is 3.04. The Balaban J connectivity index is 1.70. The van der Waals surface area contributed by atoms with Crippen LogP contribution in [0.4, 0.5) is 17.5 Å². The predicted octanol–water partition coefficient (Wildman–Crippen LogP) is 5.28. The van der Waals surface area contributed by atoms with Crippen molar-refractivity contribution in [3.63, 3.8) is 0 Å². The highest BCUT2D eigenvalue weighted by Crippen LogP contribution is 2.27. The number of nitrogens with zero attached hydrogens (tertiary/aromatic N) is 3. The molecule has 1 aromatic heterocycles. The highest BCUT2D eigenvalue weighted by Gasteiger charge is 2.15. The first-order valence-corrected chi connectivity index (χ1v) is 9.92. The Morgan fingerprint density at radius 1 is 0.857 bits per heavy atom. The average molecular weight is 374 g/mol. The molecule has 2 heterocycles. The lowest BCUT2D eigenvalue weighted by Gasteiger charge is -2.22. The summed E-state index contributed by atoms with van der Waals surface area (Å²) in [6.45, 7) is 2.09. The van der Waals surface area contributed by atoms with E-state index >= 15 is 0 Å². The number of benzene rings is 2. The third kappa shape index (κ3) is 4.42. The molecule has 1 aliphatic heterocycles. The first-order chi connectivity index (χ1) is 13.8. The summed E-state index contributed by atoms with van der Waals surface area (Å²) in [5.74, 6) is 2.40. The smallest absolute Gasteiger partial charge is 0.229 e. The molecular formula is C23H26N4O. The van der Waals surface area contributed by atoms with Gasteiger partial charge in [0.2, 0.25) is 5.95 Å². The number of nitrogens with one attached hydrogen (secondary N) is 1. The minimum Gasteiger partial charge on any atom is -0.497 e. The Kier molecular flexibility index (Phi) is 5.71. The van der Waals surface area contributed by atoms with Gasteiger partial charge in [-0.2, -0.15) is 4.98 Å². The molecule has 0 unspecified atom stereocenters. The Hall–Kier alpha value is -3.08. The molecular weight excluding hydrogens is 348 g/mol. The lowest BCUT2D eigenvalue weighted by molar-refractivity contribution is 0.415. The zero-order valence-electron chi connectivity index (χ0n) is 16.3. The number of rotatable bonds is 5. The molecule has 0 amide bonds. The van der Waals surface area contributed by atoms with E-state index in [2.05, 4.69) is 28.4 Å². The third-order valence-corrected chi connectivity index (χ3v) is 5.04. The molecule has 5 nitrogen and oxygen atoms in total. The summed E-state index contributed by atoms with van der Waals surface area (Å²) in [6, 6.07) is 20.2. The Morgan fingerprint density at radius 3 is 2.39 bits per heavy atom. The van der Waals surface area contributed by atoms with Gasteiger partial charge in [-0.3, -0.25) is 0 Å². The normalized spacial score (nSPS) is 14.4. The number of anilines is 3. The van der Waals surface area contributed by atoms with E-state index in [1.165, 1.54) is 25.7 Å². The second kappa shape index (κ2) is 8.74. The Bertz CT molecular complexity index is 905. The molecule has 1 N–H and O–H groups in total. The molecule has 0 spiro atoms. The minimum absolute atomic E-state index is 0.605. The number of ether oxygens (including phenoxy) is 1. The van der Waals surface area contributed by atoms with Gasteiger partial charge in [-0.05, 0) is 25.0 Å². The van der Waals surface area contributed by atoms with Gasteiger partial charge in [0.15, 0.2) is 0 Å². The van der Waals surface area contributed by atoms with Crippen LogP contribution in [0.2, 0.25) is 0 Å². The molecule has 5 heteroatoms. The fourth-order valence-electron chi connectivity index (χ4n) is 3.54. The topological polar surface area (TPSA) is 50.3 Å². The van der Waals surface area contributed by atoms with Gasteiger partial charge in [0.1, 0.15) is 11.6 Å². The molecule has 4 rings (SSSR count). The van der Waals surface area contributed by atoms with Crippen LogP contribution in [0.1, 0.15) is 25.7 Å². The highest BCUT2D eigenvalue weighted by molar-refractivity contribution is 5.67. The molecule has 144 valence electrons. The zero-order chi connectivity index (χ0) is 19.2. The van der Waals surface area contributed by atoms with Gasteiger partial charge < -0.3 is 15.0 Å². The molecule has 2 aromatic carbocycles. The lowest BCUT2D eigenvalue weighted by atomic mass is 10.1. The van der Waals surface area contributed by atoms with Crippen LogP contribution in [-0.2, 0) is 0 Å². The largest absolute Gasteiger partial charge is 0.497 e. The molecule has 1 fully saturated rings. The fraction of sp³-hybridized carbons (Fsp3) is 0.304. The van der Waals surface area contributed by atoms with Crippen LogP contribution in [0.15, 0.2) is 60.7 Å². The van der Waals surface area contributed by atoms with Crippen LogP contribution in [0.3, 0.4) is 0 Å². The van der Waals surface area contributed by atoms with Crippen LogP contribution in [0.25, 0.3) is 11.3 Å². The van der Waals surface area contributed by atoms with Crippen LogP contribution in [0.5, 0.6) is 5.75 Å². The van der Waals surface area contributed by atoms with Crippen molar-refractivity contribution >= 4 is 17.5 Å². The number of aromatic nitrogens is 2. The van der Waals surface area contributed by atoms with Crippen LogP contribution in [0, 0.1) is 0 Å². The van der Waals surface area contributed by atoms with Crippen molar-refractivity contribution in [3.8, 4) is 17.0 Å². The number of methoxy groups -OCH3 is 1. The van der Waals surface area contributed by atoms with E-state index in [4.69, 9.17) is 14.7 Å². The van der Waals surface area contributed by atoms with Crippen LogP contribution < -0.4 is 15.0 Å². The SMILES string of the molecule is COc1cccc(Nc2nc(-c3ccccc3)cc(N3CCCCCC3)n2)c1. The van der Waals surface area contributed by atoms with Crippen LogP contribution >= 0.6 is 0 Å². The zero-order valence-corrected chi connectivity index (χ0v) is 16.3. The van der Waals surface area contributed by atoms with Gasteiger partial charge in [0.05, 0.1) is 12.8 Å². The van der Waals surface area contributed by atoms with Gasteiger partial charge in [0.25, 0.3) is 0 Å². The van der Waals surface area contributed by atoms with Crippen molar-refractivity contribution < 1.29 is 4.74 Å². The van der Waals surface area contributed by atoms with Gasteiger partial charge in [0, 0.05) is 36.5 Å². The number of hydrogen-bond donors (Lipinski definition) is 1. The first-order valence-electron chi connectivity index (χ1n) is 9.92. The molecule has 1 saturated heterocycles. The van der Waals surface area contributed by atoms with E-state index in [1.807, 2.05) is 42.5 Å². The van der Waals surface area contributed by atoms with Crippen molar-refractivity contribution in [1.82, 2.24) is 9.97 Å². The van der Waals surface area contributed by atoms with E-state index in [1.54, 1.807) is 7.11 Å². The molecule has 0 saturated carbocycles. The van der Waals surface area contributed by atoms with E-state index < -0.39 is 0 Å². The van der Waals surface area contributed by atoms with Crippen molar-refractivity contribution in [2.24, 2.45) is 0 Å². The van der Waals surface area contributed by atoms with E-state index in [0.717, 1.165) is 41.6 Å². The summed E-state index contributed by atoms with van der Waals surface area (Å²) in [5.41, 5.74) is 2.93. The summed E-state index contributed by atoms with van der Waals surface area (Å²) in [5, 5.41) is 3.36. The standard InChI is InChI=1S/C23H26N4O/c1-28-20-13-9-12-19(16-20)24-23-25-21(18-10-5-4-6-11-18)17-22(26-23)27-14-7-2-3-8-15-27/h4-6,9-13,16-17H,2-3,7-8,14-15H2,1H3,(H,24,25,26). The van der Waals surface area contributed by atoms with E-state index in [9.17, 15) is 0 Å². The minimum atomic E-state index is 0.605. The summed E-state index contributed by atoms with van der Waals surface area (Å²) >= 11 is 0. The molecule has 0 bridgehead atoms. The van der Waals surface area contributed by atoms with E-state index in [-0.39, 0.29) is 0 Å². The van der Waals surface area contributed by atoms with Gasteiger partial charge in [-0.25, -0.2) is 4.98 Å². The molecule has 0 atom stereocenters. The highest BCUT2D eigenvalue weighted by atomic mass is 16.5. The van der Waals surface area contributed by atoms with Gasteiger partial charge >= 0.3 is 0 Å². The molecule has 1 aliphatic rings. The Morgan fingerprint density at radius 2 is 1.64 bits per heavy atom. The maximum Gasteiger partial charge on any atom is 0.229 e. The monoisotopic (exact) mass is 374 g/mol. The fourth-order valence-corrected chi connectivity index (χ4v) is 3.54. The van der Waals surface area contributed by atoms with Gasteiger partial charge in [-0.15, -0.1) is 0 Å². The molecule has 0 aliphatic carbocycles. The maximum absolute atomic E-state index is 5.33. The second-order valence-electron chi connectivity index (χ2n) is 7.06. The summed E-state index contributed by atoms with van der Waals surface area (Å²) in [4.78, 5) is 12.0. The maximum atomic E-state index is 5.33. The second-order valence-corrected chi connectivity index (χ2v) is 7.06. The summed E-state index contributed by atoms with van der Waals surface area (Å²) in [6.07, 6.45) is 5.01. The first kappa shape index (κ1) is 18.3. The van der Waals surface area contributed by atoms with E-state index in [0.29, 0.717) is 5.95 Å². The Labute approximate surface area is 166 Å². The summed E-state index contributed by atoms with van der Waals surface area (Å²) < 4.78 is 5.33.